The third-order valence-corrected chi connectivity index (χ3v) is 5.71. The van der Waals surface area contributed by atoms with Crippen LogP contribution in [0.2, 0.25) is 6.32 Å². The minimum Gasteiger partial charge on any atom is -0.508 e. The highest BCUT2D eigenvalue weighted by molar-refractivity contribution is 6.66. The number of phenols is 1. The summed E-state index contributed by atoms with van der Waals surface area (Å²) in [6, 6.07) is 14.2. The lowest BCUT2D eigenvalue weighted by Crippen LogP contribution is -2.33. The smallest absolute Gasteiger partial charge is 0.197 e. The molecule has 0 saturated carbocycles. The highest BCUT2D eigenvalue weighted by Gasteiger charge is 2.20. The molecule has 1 aromatic heterocycles. The zero-order valence-corrected chi connectivity index (χ0v) is 15.9. The molecule has 1 N–H and O–H groups in total. The third kappa shape index (κ3) is 4.10. The van der Waals surface area contributed by atoms with E-state index in [1.165, 1.54) is 0 Å². The summed E-state index contributed by atoms with van der Waals surface area (Å²) >= 11 is 0. The Labute approximate surface area is 166 Å². The average molecular weight is 371 g/mol. The summed E-state index contributed by atoms with van der Waals surface area (Å²) in [7, 11) is 1.73. The molecule has 1 aliphatic heterocycles. The topological polar surface area (TPSA) is 53.4 Å². The number of aromatic hydroxyl groups is 1. The van der Waals surface area contributed by atoms with Crippen LogP contribution in [-0.2, 0) is 11.3 Å². The van der Waals surface area contributed by atoms with Gasteiger partial charge >= 0.3 is 0 Å². The van der Waals surface area contributed by atoms with Gasteiger partial charge in [0.15, 0.2) is 7.28 Å². The van der Waals surface area contributed by atoms with Crippen molar-refractivity contribution in [3.63, 3.8) is 0 Å². The molecule has 0 amide bonds. The number of carbonyl (C=O) groups excluding carboxylic acids is 1. The molecule has 141 valence electrons. The Bertz CT molecular complexity index is 953. The molecule has 0 spiro atoms. The quantitative estimate of drug-likeness (QED) is 0.523. The largest absolute Gasteiger partial charge is 0.508 e. The van der Waals surface area contributed by atoms with Gasteiger partial charge in [-0.1, -0.05) is 36.7 Å². The molecular formula is C23H24BN2O2. The second kappa shape index (κ2) is 8.57. The molecule has 5 heteroatoms. The van der Waals surface area contributed by atoms with Crippen LogP contribution in [0, 0.1) is 5.92 Å². The summed E-state index contributed by atoms with van der Waals surface area (Å²) in [5.74, 6) is 0.929. The van der Waals surface area contributed by atoms with Crippen LogP contribution in [0.5, 0.6) is 5.75 Å². The van der Waals surface area contributed by atoms with Crippen LogP contribution in [0.15, 0.2) is 54.9 Å². The van der Waals surface area contributed by atoms with Crippen molar-refractivity contribution in [3.05, 3.63) is 60.4 Å². The summed E-state index contributed by atoms with van der Waals surface area (Å²) in [6.45, 7) is 2.73. The van der Waals surface area contributed by atoms with Gasteiger partial charge < -0.3 is 9.90 Å². The summed E-state index contributed by atoms with van der Waals surface area (Å²) in [4.78, 5) is 17.3. The molecule has 3 aromatic rings. The second-order valence-electron chi connectivity index (χ2n) is 7.58. The number of piperidine rings is 1. The molecule has 0 unspecified atom stereocenters. The fourth-order valence-corrected chi connectivity index (χ4v) is 4.09. The molecule has 0 aliphatic carbocycles. The first-order valence-electron chi connectivity index (χ1n) is 9.89. The van der Waals surface area contributed by atoms with E-state index in [4.69, 9.17) is 0 Å². The Morgan fingerprint density at radius 1 is 1.14 bits per heavy atom. The van der Waals surface area contributed by atoms with E-state index in [2.05, 4.69) is 28.1 Å². The molecule has 4 nitrogen and oxygen atoms in total. The van der Waals surface area contributed by atoms with E-state index in [0.29, 0.717) is 11.7 Å². The first kappa shape index (κ1) is 18.7. The normalized spacial score (nSPS) is 15.6. The molecule has 2 aromatic carbocycles. The second-order valence-corrected chi connectivity index (χ2v) is 7.58. The first-order chi connectivity index (χ1) is 13.7. The van der Waals surface area contributed by atoms with E-state index >= 15 is 0 Å². The van der Waals surface area contributed by atoms with E-state index in [1.807, 2.05) is 30.5 Å². The predicted octanol–water partition coefficient (Wildman–Crippen LogP) is 4.13. The number of carbonyl (C=O) groups is 1. The van der Waals surface area contributed by atoms with Crippen LogP contribution in [0.4, 0.5) is 0 Å². The fourth-order valence-electron chi connectivity index (χ4n) is 4.09. The van der Waals surface area contributed by atoms with Crippen molar-refractivity contribution in [2.24, 2.45) is 5.92 Å². The van der Waals surface area contributed by atoms with Crippen molar-refractivity contribution in [3.8, 4) is 16.9 Å². The Morgan fingerprint density at radius 2 is 1.93 bits per heavy atom. The van der Waals surface area contributed by atoms with Crippen molar-refractivity contribution in [1.82, 2.24) is 9.88 Å². The Morgan fingerprint density at radius 3 is 2.68 bits per heavy atom. The van der Waals surface area contributed by atoms with Gasteiger partial charge in [0.05, 0.1) is 6.19 Å². The molecule has 2 heterocycles. The number of rotatable bonds is 6. The maximum absolute atomic E-state index is 10.6. The first-order valence-corrected chi connectivity index (χ1v) is 9.89. The molecule has 1 saturated heterocycles. The van der Waals surface area contributed by atoms with Crippen molar-refractivity contribution in [1.29, 1.82) is 0 Å². The predicted molar refractivity (Wildman–Crippen MR) is 114 cm³/mol. The van der Waals surface area contributed by atoms with Gasteiger partial charge in [-0.3, -0.25) is 9.88 Å². The minimum absolute atomic E-state index is 0.330. The number of nitrogens with zero attached hydrogens (tertiary/aromatic N) is 2. The van der Waals surface area contributed by atoms with Gasteiger partial charge in [-0.25, -0.2) is 0 Å². The number of benzene rings is 2. The standard InChI is InChI=1S/C23H24BN2O2/c27-16-24-12-17-6-8-26(9-7-17)15-20-10-21-19(11-23(20)28)13-25-14-22(21)18-4-2-1-3-5-18/h1-5,10-11,13-14,16-17,28H,6-9,12,15H2. The van der Waals surface area contributed by atoms with Gasteiger partial charge in [0.25, 0.3) is 0 Å². The van der Waals surface area contributed by atoms with Crippen LogP contribution >= 0.6 is 0 Å². The highest BCUT2D eigenvalue weighted by atomic mass is 16.3. The van der Waals surface area contributed by atoms with Crippen molar-refractivity contribution < 1.29 is 9.90 Å². The number of phenolic OH excluding ortho intramolecular Hbond substituents is 1. The van der Waals surface area contributed by atoms with Gasteiger partial charge in [0.2, 0.25) is 0 Å². The van der Waals surface area contributed by atoms with E-state index < -0.39 is 0 Å². The number of aromatic nitrogens is 1. The monoisotopic (exact) mass is 371 g/mol. The molecular weight excluding hydrogens is 347 g/mol. The fraction of sp³-hybridized carbons (Fsp3) is 0.304. The lowest BCUT2D eigenvalue weighted by Gasteiger charge is -2.32. The maximum Gasteiger partial charge on any atom is 0.197 e. The summed E-state index contributed by atoms with van der Waals surface area (Å²) in [5, 5.41) is 12.6. The third-order valence-electron chi connectivity index (χ3n) is 5.71. The SMILES string of the molecule is O=C[B]CC1CCN(Cc2cc3c(-c4ccccc4)cncc3cc2O)CC1. The number of fused-ring (bicyclic) bond motifs is 1. The highest BCUT2D eigenvalue weighted by Crippen LogP contribution is 2.33. The zero-order chi connectivity index (χ0) is 19.3. The van der Waals surface area contributed by atoms with Crippen LogP contribution in [-0.4, -0.2) is 41.5 Å². The van der Waals surface area contributed by atoms with Gasteiger partial charge in [-0.05, 0) is 54.9 Å². The van der Waals surface area contributed by atoms with Crippen molar-refractivity contribution in [2.45, 2.75) is 25.7 Å². The molecule has 1 fully saturated rings. The van der Waals surface area contributed by atoms with E-state index in [-0.39, 0.29) is 0 Å². The van der Waals surface area contributed by atoms with Crippen molar-refractivity contribution in [2.75, 3.05) is 13.1 Å². The Balaban J connectivity index is 1.57. The van der Waals surface area contributed by atoms with Gasteiger partial charge in [-0.15, -0.1) is 0 Å². The molecule has 1 aliphatic rings. The minimum atomic E-state index is 0.330. The van der Waals surface area contributed by atoms with Gasteiger partial charge in [-0.2, -0.15) is 0 Å². The molecule has 4 rings (SSSR count). The van der Waals surface area contributed by atoms with E-state index in [0.717, 1.165) is 72.4 Å². The zero-order valence-electron chi connectivity index (χ0n) is 15.9. The summed E-state index contributed by atoms with van der Waals surface area (Å²) in [6.07, 6.45) is 7.67. The number of hydrogen-bond acceptors (Lipinski definition) is 4. The van der Waals surface area contributed by atoms with Crippen LogP contribution in [0.3, 0.4) is 0 Å². The Kier molecular flexibility index (Phi) is 5.72. The lowest BCUT2D eigenvalue weighted by atomic mass is 9.69. The molecule has 0 atom stereocenters. The lowest BCUT2D eigenvalue weighted by molar-refractivity contribution is 0.184. The Hall–Kier alpha value is -2.66. The number of hydrogen-bond donors (Lipinski definition) is 1. The average Bonchev–Trinajstić information content (AvgIpc) is 2.74. The maximum atomic E-state index is 10.6. The van der Waals surface area contributed by atoms with Crippen LogP contribution in [0.25, 0.3) is 21.9 Å². The van der Waals surface area contributed by atoms with Crippen LogP contribution < -0.4 is 0 Å². The van der Waals surface area contributed by atoms with E-state index in [1.54, 1.807) is 13.5 Å². The van der Waals surface area contributed by atoms with E-state index in [9.17, 15) is 9.90 Å². The van der Waals surface area contributed by atoms with Gasteiger partial charge in [0.1, 0.15) is 5.75 Å². The number of pyridine rings is 1. The number of likely N-dealkylation sites (tertiary alicyclic amines) is 1. The van der Waals surface area contributed by atoms with Gasteiger partial charge in [0, 0.05) is 35.5 Å². The summed E-state index contributed by atoms with van der Waals surface area (Å²) in [5.41, 5.74) is 3.17. The molecule has 28 heavy (non-hydrogen) atoms. The molecule has 1 radical (unpaired) electrons. The molecule has 0 bridgehead atoms. The van der Waals surface area contributed by atoms with Crippen molar-refractivity contribution >= 4 is 24.2 Å². The van der Waals surface area contributed by atoms with Crippen LogP contribution in [0.1, 0.15) is 18.4 Å². The summed E-state index contributed by atoms with van der Waals surface area (Å²) < 4.78 is 0.